The summed E-state index contributed by atoms with van der Waals surface area (Å²) >= 11 is 0. The standard InChI is InChI=1S/C30H16F6/c31-20-11-9-18(10-12-20)26-28(23-14-13-22(33)16-24(23)34)25(17-5-2-1-3-6-17)27(30(36)29(26)35)19-7-4-8-21(32)15-19/h1-16H. The minimum atomic E-state index is -1.33. The summed E-state index contributed by atoms with van der Waals surface area (Å²) in [5, 5.41) is 0. The summed E-state index contributed by atoms with van der Waals surface area (Å²) in [5.41, 5.74) is -0.341. The lowest BCUT2D eigenvalue weighted by molar-refractivity contribution is 0.514. The lowest BCUT2D eigenvalue weighted by Crippen LogP contribution is -2.04. The summed E-state index contributed by atoms with van der Waals surface area (Å²) in [7, 11) is 0. The van der Waals surface area contributed by atoms with Gasteiger partial charge in [0.25, 0.3) is 0 Å². The number of halogens is 6. The molecule has 0 saturated carbocycles. The van der Waals surface area contributed by atoms with Gasteiger partial charge < -0.3 is 0 Å². The van der Waals surface area contributed by atoms with E-state index in [1.165, 1.54) is 24.3 Å². The van der Waals surface area contributed by atoms with Crippen LogP contribution in [0.4, 0.5) is 26.3 Å². The van der Waals surface area contributed by atoms with Gasteiger partial charge in [0.1, 0.15) is 23.3 Å². The third-order valence-corrected chi connectivity index (χ3v) is 5.89. The minimum Gasteiger partial charge on any atom is -0.207 e. The Balaban J connectivity index is 2.02. The van der Waals surface area contributed by atoms with E-state index in [2.05, 4.69) is 0 Å². The molecule has 5 aromatic carbocycles. The number of hydrogen-bond acceptors (Lipinski definition) is 0. The molecule has 0 unspecified atom stereocenters. The minimum absolute atomic E-state index is 0.0275. The highest BCUT2D eigenvalue weighted by Crippen LogP contribution is 2.49. The summed E-state index contributed by atoms with van der Waals surface area (Å²) < 4.78 is 88.8. The zero-order chi connectivity index (χ0) is 25.4. The molecule has 0 nitrogen and oxygen atoms in total. The van der Waals surface area contributed by atoms with E-state index in [0.717, 1.165) is 36.4 Å². The topological polar surface area (TPSA) is 0 Å². The zero-order valence-corrected chi connectivity index (χ0v) is 18.5. The Hall–Kier alpha value is -4.32. The molecule has 0 aliphatic carbocycles. The average molecular weight is 490 g/mol. The van der Waals surface area contributed by atoms with Crippen molar-refractivity contribution in [2.75, 3.05) is 0 Å². The van der Waals surface area contributed by atoms with Crippen molar-refractivity contribution in [2.24, 2.45) is 0 Å². The van der Waals surface area contributed by atoms with Crippen molar-refractivity contribution in [3.63, 3.8) is 0 Å². The first kappa shape index (κ1) is 23.4. The molecule has 0 atom stereocenters. The molecule has 0 amide bonds. The Bertz CT molecular complexity index is 1570. The predicted molar refractivity (Wildman–Crippen MR) is 128 cm³/mol. The Labute approximate surface area is 203 Å². The molecular formula is C30H16F6. The number of rotatable bonds is 4. The quantitative estimate of drug-likeness (QED) is 0.220. The van der Waals surface area contributed by atoms with Crippen LogP contribution in [0.3, 0.4) is 0 Å². The maximum atomic E-state index is 15.9. The van der Waals surface area contributed by atoms with E-state index in [1.54, 1.807) is 30.3 Å². The largest absolute Gasteiger partial charge is 0.207 e. The molecular weight excluding hydrogens is 474 g/mol. The molecule has 178 valence electrons. The summed E-state index contributed by atoms with van der Waals surface area (Å²) in [4.78, 5) is 0. The van der Waals surface area contributed by atoms with Gasteiger partial charge in [-0.3, -0.25) is 0 Å². The highest BCUT2D eigenvalue weighted by molar-refractivity contribution is 6.02. The molecule has 0 spiro atoms. The maximum Gasteiger partial charge on any atom is 0.167 e. The molecule has 0 aliphatic rings. The van der Waals surface area contributed by atoms with Gasteiger partial charge in [-0.15, -0.1) is 0 Å². The molecule has 0 radical (unpaired) electrons. The van der Waals surface area contributed by atoms with Gasteiger partial charge in [-0.25, -0.2) is 26.3 Å². The molecule has 5 aromatic rings. The molecule has 0 aromatic heterocycles. The van der Waals surface area contributed by atoms with Gasteiger partial charge in [-0.1, -0.05) is 54.6 Å². The van der Waals surface area contributed by atoms with Gasteiger partial charge in [0.15, 0.2) is 11.6 Å². The third kappa shape index (κ3) is 4.15. The second-order valence-electron chi connectivity index (χ2n) is 8.14. The van der Waals surface area contributed by atoms with E-state index in [4.69, 9.17) is 0 Å². The first-order valence-electron chi connectivity index (χ1n) is 10.9. The second-order valence-corrected chi connectivity index (χ2v) is 8.14. The summed E-state index contributed by atoms with van der Waals surface area (Å²) in [6, 6.07) is 20.7. The molecule has 0 heterocycles. The molecule has 6 heteroatoms. The Morgan fingerprint density at radius 1 is 0.361 bits per heavy atom. The highest BCUT2D eigenvalue weighted by Gasteiger charge is 2.29. The lowest BCUT2D eigenvalue weighted by atomic mass is 9.82. The van der Waals surface area contributed by atoms with Crippen molar-refractivity contribution in [3.05, 3.63) is 132 Å². The summed E-state index contributed by atoms with van der Waals surface area (Å²) in [5.74, 6) is -5.76. The fraction of sp³-hybridized carbons (Fsp3) is 0. The van der Waals surface area contributed by atoms with Crippen LogP contribution in [0.2, 0.25) is 0 Å². The SMILES string of the molecule is Fc1ccc(-c2c(F)c(F)c(-c3cccc(F)c3)c(-c3ccccc3)c2-c2ccc(F)cc2F)cc1. The Kier molecular flexibility index (Phi) is 6.10. The van der Waals surface area contributed by atoms with Crippen LogP contribution in [0.15, 0.2) is 97.1 Å². The predicted octanol–water partition coefficient (Wildman–Crippen LogP) is 9.19. The van der Waals surface area contributed by atoms with Crippen LogP contribution in [0.25, 0.3) is 44.5 Å². The molecule has 0 N–H and O–H groups in total. The average Bonchev–Trinajstić information content (AvgIpc) is 2.87. The highest BCUT2D eigenvalue weighted by atomic mass is 19.2. The van der Waals surface area contributed by atoms with Crippen molar-refractivity contribution in [1.29, 1.82) is 0 Å². The van der Waals surface area contributed by atoms with Crippen LogP contribution >= 0.6 is 0 Å². The first-order chi connectivity index (χ1) is 17.3. The second kappa shape index (κ2) is 9.38. The van der Waals surface area contributed by atoms with Gasteiger partial charge in [0.2, 0.25) is 0 Å². The first-order valence-corrected chi connectivity index (χ1v) is 10.9. The van der Waals surface area contributed by atoms with Crippen LogP contribution in [0.1, 0.15) is 0 Å². The van der Waals surface area contributed by atoms with Crippen LogP contribution in [-0.4, -0.2) is 0 Å². The fourth-order valence-corrected chi connectivity index (χ4v) is 4.35. The Morgan fingerprint density at radius 3 is 1.56 bits per heavy atom. The lowest BCUT2D eigenvalue weighted by Gasteiger charge is -2.22. The smallest absolute Gasteiger partial charge is 0.167 e. The number of hydrogen-bond donors (Lipinski definition) is 0. The monoisotopic (exact) mass is 490 g/mol. The van der Waals surface area contributed by atoms with E-state index < -0.39 is 34.9 Å². The van der Waals surface area contributed by atoms with E-state index >= 15 is 13.2 Å². The normalized spacial score (nSPS) is 11.1. The fourth-order valence-electron chi connectivity index (χ4n) is 4.35. The van der Waals surface area contributed by atoms with Crippen LogP contribution in [-0.2, 0) is 0 Å². The maximum absolute atomic E-state index is 15.9. The van der Waals surface area contributed by atoms with E-state index in [9.17, 15) is 13.2 Å². The van der Waals surface area contributed by atoms with Crippen LogP contribution in [0, 0.1) is 34.9 Å². The molecule has 0 bridgehead atoms. The van der Waals surface area contributed by atoms with Crippen molar-refractivity contribution in [3.8, 4) is 44.5 Å². The third-order valence-electron chi connectivity index (χ3n) is 5.89. The van der Waals surface area contributed by atoms with Crippen molar-refractivity contribution < 1.29 is 26.3 Å². The van der Waals surface area contributed by atoms with Crippen LogP contribution in [0.5, 0.6) is 0 Å². The number of benzene rings is 5. The van der Waals surface area contributed by atoms with Crippen molar-refractivity contribution >= 4 is 0 Å². The van der Waals surface area contributed by atoms with Gasteiger partial charge in [0, 0.05) is 33.9 Å². The molecule has 0 aliphatic heterocycles. The molecule has 36 heavy (non-hydrogen) atoms. The summed E-state index contributed by atoms with van der Waals surface area (Å²) in [6.45, 7) is 0. The van der Waals surface area contributed by atoms with Gasteiger partial charge in [-0.05, 0) is 53.1 Å². The zero-order valence-electron chi connectivity index (χ0n) is 18.5. The van der Waals surface area contributed by atoms with Crippen molar-refractivity contribution in [2.45, 2.75) is 0 Å². The van der Waals surface area contributed by atoms with Gasteiger partial charge in [0.05, 0.1) is 0 Å². The van der Waals surface area contributed by atoms with Crippen molar-refractivity contribution in [1.82, 2.24) is 0 Å². The van der Waals surface area contributed by atoms with Gasteiger partial charge >= 0.3 is 0 Å². The molecule has 0 saturated heterocycles. The van der Waals surface area contributed by atoms with Crippen LogP contribution < -0.4 is 0 Å². The van der Waals surface area contributed by atoms with Gasteiger partial charge in [-0.2, -0.15) is 0 Å². The van der Waals surface area contributed by atoms with E-state index in [0.29, 0.717) is 11.6 Å². The summed E-state index contributed by atoms with van der Waals surface area (Å²) in [6.07, 6.45) is 0. The van der Waals surface area contributed by atoms with E-state index in [1.807, 2.05) is 0 Å². The molecule has 5 rings (SSSR count). The molecule has 0 fully saturated rings. The Morgan fingerprint density at radius 2 is 0.917 bits per heavy atom. The van der Waals surface area contributed by atoms with E-state index in [-0.39, 0.29) is 38.9 Å².